The number of anilines is 2. The highest BCUT2D eigenvalue weighted by atomic mass is 16.5. The van der Waals surface area contributed by atoms with E-state index in [-0.39, 0.29) is 0 Å². The van der Waals surface area contributed by atoms with E-state index in [1.54, 1.807) is 7.11 Å². The molecule has 1 atom stereocenters. The Morgan fingerprint density at radius 2 is 1.86 bits per heavy atom. The van der Waals surface area contributed by atoms with Gasteiger partial charge in [0.25, 0.3) is 0 Å². The Bertz CT molecular complexity index is 1380. The molecule has 0 spiro atoms. The summed E-state index contributed by atoms with van der Waals surface area (Å²) in [5.41, 5.74) is 4.96. The maximum Gasteiger partial charge on any atom is 0.318 e. The van der Waals surface area contributed by atoms with Gasteiger partial charge in [0.1, 0.15) is 12.4 Å². The summed E-state index contributed by atoms with van der Waals surface area (Å²) in [4.78, 5) is 21.9. The zero-order valence-electron chi connectivity index (χ0n) is 25.4. The van der Waals surface area contributed by atoms with E-state index in [9.17, 15) is 0 Å². The molecule has 224 valence electrons. The first-order valence-electron chi connectivity index (χ1n) is 15.5. The number of benzene rings is 2. The Morgan fingerprint density at radius 3 is 2.64 bits per heavy atom. The van der Waals surface area contributed by atoms with E-state index in [1.165, 1.54) is 34.0 Å². The summed E-state index contributed by atoms with van der Waals surface area (Å²) in [6.07, 6.45) is 7.24. The van der Waals surface area contributed by atoms with Crippen molar-refractivity contribution in [1.29, 1.82) is 0 Å². The molecule has 0 bridgehead atoms. The number of aromatic nitrogens is 2. The van der Waals surface area contributed by atoms with Crippen LogP contribution < -0.4 is 19.9 Å². The average Bonchev–Trinajstić information content (AvgIpc) is 3.43. The molecule has 2 aromatic carbocycles. The van der Waals surface area contributed by atoms with E-state index in [2.05, 4.69) is 75.4 Å². The first kappa shape index (κ1) is 28.7. The molecule has 3 aromatic rings. The summed E-state index contributed by atoms with van der Waals surface area (Å²) in [5.74, 6) is 1.07. The standard InChI is InChI=1S/C33H45N7O2/c1-24-7-4-8-25-9-5-11-30(31(24)25)40-19-14-28-29(21-40)36-33(42-22-27-10-6-16-38(27)2)37-32(28)39-17-12-26(13-18-39)35-23-34-15-20-41-3/h4-5,7-9,11,23,26-27H,6,10,12-22H2,1-3H3,(H,34,35)/t27-/m0/s1. The van der Waals surface area contributed by atoms with Crippen LogP contribution in [-0.4, -0.2) is 93.4 Å². The molecule has 4 heterocycles. The fourth-order valence-corrected chi connectivity index (χ4v) is 6.67. The third-order valence-corrected chi connectivity index (χ3v) is 9.15. The van der Waals surface area contributed by atoms with Crippen LogP contribution in [0.4, 0.5) is 11.5 Å². The highest BCUT2D eigenvalue weighted by Crippen LogP contribution is 2.36. The SMILES string of the molecule is COCCN=CNC1CCN(c2nc(OC[C@@H]3CCCN3C)nc3c2CCN(c2cccc4cccc(C)c24)C3)CC1. The van der Waals surface area contributed by atoms with Gasteiger partial charge in [-0.2, -0.15) is 9.97 Å². The molecule has 0 radical (unpaired) electrons. The number of hydrogen-bond acceptors (Lipinski definition) is 8. The summed E-state index contributed by atoms with van der Waals surface area (Å²) >= 11 is 0. The van der Waals surface area contributed by atoms with Crippen molar-refractivity contribution in [1.82, 2.24) is 20.2 Å². The molecular weight excluding hydrogens is 526 g/mol. The number of likely N-dealkylation sites (N-methyl/N-ethyl adjacent to an activating group) is 1. The second-order valence-corrected chi connectivity index (χ2v) is 11.9. The molecule has 0 aliphatic carbocycles. The smallest absolute Gasteiger partial charge is 0.318 e. The van der Waals surface area contributed by atoms with Gasteiger partial charge in [0.2, 0.25) is 0 Å². The molecule has 9 heteroatoms. The van der Waals surface area contributed by atoms with Crippen LogP contribution in [0.1, 0.15) is 42.5 Å². The number of aliphatic imine (C=N–C) groups is 1. The van der Waals surface area contributed by atoms with Gasteiger partial charge in [-0.15, -0.1) is 0 Å². The number of rotatable bonds is 10. The normalized spacial score (nSPS) is 20.0. The van der Waals surface area contributed by atoms with Crippen molar-refractivity contribution in [2.75, 3.05) is 69.9 Å². The number of ether oxygens (including phenoxy) is 2. The summed E-state index contributed by atoms with van der Waals surface area (Å²) in [7, 11) is 3.89. The minimum absolute atomic E-state index is 0.420. The molecular formula is C33H45N7O2. The first-order valence-corrected chi connectivity index (χ1v) is 15.5. The lowest BCUT2D eigenvalue weighted by Gasteiger charge is -2.37. The second-order valence-electron chi connectivity index (χ2n) is 11.9. The molecule has 0 unspecified atom stereocenters. The molecule has 0 saturated carbocycles. The third-order valence-electron chi connectivity index (χ3n) is 9.15. The zero-order chi connectivity index (χ0) is 28.9. The van der Waals surface area contributed by atoms with Crippen LogP contribution in [0.2, 0.25) is 0 Å². The van der Waals surface area contributed by atoms with Crippen molar-refractivity contribution >= 4 is 28.6 Å². The van der Waals surface area contributed by atoms with Crippen LogP contribution in [-0.2, 0) is 17.7 Å². The Morgan fingerprint density at radius 1 is 1.02 bits per heavy atom. The summed E-state index contributed by atoms with van der Waals surface area (Å²) < 4.78 is 11.4. The van der Waals surface area contributed by atoms with Crippen LogP contribution in [0.5, 0.6) is 6.01 Å². The molecule has 3 aliphatic rings. The minimum atomic E-state index is 0.420. The molecule has 1 N–H and O–H groups in total. The van der Waals surface area contributed by atoms with Gasteiger partial charge in [-0.1, -0.05) is 30.3 Å². The highest BCUT2D eigenvalue weighted by Gasteiger charge is 2.29. The van der Waals surface area contributed by atoms with Crippen molar-refractivity contribution < 1.29 is 9.47 Å². The lowest BCUT2D eigenvalue weighted by Crippen LogP contribution is -2.43. The van der Waals surface area contributed by atoms with Gasteiger partial charge in [0, 0.05) is 55.5 Å². The van der Waals surface area contributed by atoms with Gasteiger partial charge >= 0.3 is 6.01 Å². The van der Waals surface area contributed by atoms with Gasteiger partial charge in [-0.3, -0.25) is 4.99 Å². The third kappa shape index (κ3) is 6.32. The molecule has 3 aliphatic heterocycles. The maximum absolute atomic E-state index is 6.35. The number of nitrogens with one attached hydrogen (secondary N) is 1. The topological polar surface area (TPSA) is 78.4 Å². The van der Waals surface area contributed by atoms with Crippen molar-refractivity contribution in [3.63, 3.8) is 0 Å². The monoisotopic (exact) mass is 571 g/mol. The fourth-order valence-electron chi connectivity index (χ4n) is 6.67. The Hall–Kier alpha value is -3.43. The minimum Gasteiger partial charge on any atom is -0.462 e. The van der Waals surface area contributed by atoms with Crippen molar-refractivity contribution in [3.05, 3.63) is 53.2 Å². The van der Waals surface area contributed by atoms with Gasteiger partial charge in [0.15, 0.2) is 0 Å². The maximum atomic E-state index is 6.35. The van der Waals surface area contributed by atoms with Crippen molar-refractivity contribution in [2.24, 2.45) is 4.99 Å². The number of aryl methyl sites for hydroxylation is 1. The van der Waals surface area contributed by atoms with E-state index in [1.807, 2.05) is 6.34 Å². The van der Waals surface area contributed by atoms with Crippen molar-refractivity contribution in [2.45, 2.75) is 57.7 Å². The van der Waals surface area contributed by atoms with Crippen LogP contribution >= 0.6 is 0 Å². The number of methoxy groups -OCH3 is 1. The molecule has 0 amide bonds. The van der Waals surface area contributed by atoms with Crippen molar-refractivity contribution in [3.8, 4) is 6.01 Å². The van der Waals surface area contributed by atoms with Crippen LogP contribution in [0.25, 0.3) is 10.8 Å². The lowest BCUT2D eigenvalue weighted by molar-refractivity contribution is 0.187. The predicted molar refractivity (Wildman–Crippen MR) is 170 cm³/mol. The second kappa shape index (κ2) is 13.3. The largest absolute Gasteiger partial charge is 0.462 e. The number of likely N-dealkylation sites (tertiary alicyclic amines) is 1. The van der Waals surface area contributed by atoms with Gasteiger partial charge in [-0.05, 0) is 69.6 Å². The van der Waals surface area contributed by atoms with E-state index in [4.69, 9.17) is 19.4 Å². The number of nitrogens with zero attached hydrogens (tertiary/aromatic N) is 6. The highest BCUT2D eigenvalue weighted by molar-refractivity contribution is 5.97. The molecule has 2 saturated heterocycles. The molecule has 2 fully saturated rings. The van der Waals surface area contributed by atoms with Crippen LogP contribution in [0.3, 0.4) is 0 Å². The number of piperidine rings is 1. The summed E-state index contributed by atoms with van der Waals surface area (Å²) in [5, 5.41) is 6.10. The first-order chi connectivity index (χ1) is 20.6. The quantitative estimate of drug-likeness (QED) is 0.220. The van der Waals surface area contributed by atoms with Crippen LogP contribution in [0.15, 0.2) is 41.4 Å². The van der Waals surface area contributed by atoms with Crippen LogP contribution in [0, 0.1) is 6.92 Å². The Balaban J connectivity index is 1.23. The van der Waals surface area contributed by atoms with Gasteiger partial charge in [-0.25, -0.2) is 0 Å². The zero-order valence-corrected chi connectivity index (χ0v) is 25.4. The van der Waals surface area contributed by atoms with Gasteiger partial charge in [0.05, 0.1) is 31.7 Å². The van der Waals surface area contributed by atoms with E-state index in [0.29, 0.717) is 37.9 Å². The average molecular weight is 572 g/mol. The molecule has 6 rings (SSSR count). The molecule has 1 aromatic heterocycles. The number of hydrogen-bond donors (Lipinski definition) is 1. The molecule has 42 heavy (non-hydrogen) atoms. The Labute approximate surface area is 249 Å². The lowest BCUT2D eigenvalue weighted by atomic mass is 9.99. The summed E-state index contributed by atoms with van der Waals surface area (Å²) in [6.45, 7) is 8.90. The Kier molecular flexibility index (Phi) is 9.05. The predicted octanol–water partition coefficient (Wildman–Crippen LogP) is 4.21. The summed E-state index contributed by atoms with van der Waals surface area (Å²) in [6, 6.07) is 14.6. The van der Waals surface area contributed by atoms with Gasteiger partial charge < -0.3 is 29.5 Å². The van der Waals surface area contributed by atoms with E-state index in [0.717, 1.165) is 69.9 Å². The molecule has 9 nitrogen and oxygen atoms in total. The number of fused-ring (bicyclic) bond motifs is 2. The van der Waals surface area contributed by atoms with E-state index >= 15 is 0 Å². The van der Waals surface area contributed by atoms with E-state index < -0.39 is 0 Å². The fraction of sp³-hybridized carbons (Fsp3) is 0.545.